The highest BCUT2D eigenvalue weighted by molar-refractivity contribution is 14.0. The summed E-state index contributed by atoms with van der Waals surface area (Å²) in [6, 6.07) is 16.3. The monoisotopic (exact) mass is 510 g/mol. The summed E-state index contributed by atoms with van der Waals surface area (Å²) >= 11 is 0. The Morgan fingerprint density at radius 2 is 1.69 bits per heavy atom. The Kier molecular flexibility index (Phi) is 9.69. The van der Waals surface area contributed by atoms with E-state index in [0.29, 0.717) is 12.5 Å². The first-order valence-corrected chi connectivity index (χ1v) is 9.80. The average molecular weight is 510 g/mol. The molecule has 0 aromatic heterocycles. The molecule has 0 unspecified atom stereocenters. The van der Waals surface area contributed by atoms with E-state index in [1.807, 2.05) is 38.1 Å². The summed E-state index contributed by atoms with van der Waals surface area (Å²) in [5.41, 5.74) is 9.35. The Morgan fingerprint density at radius 3 is 2.31 bits per heavy atom. The van der Waals surface area contributed by atoms with Crippen LogP contribution in [0.2, 0.25) is 0 Å². The number of hydrogen-bond donors (Lipinski definition) is 2. The third kappa shape index (κ3) is 8.20. The van der Waals surface area contributed by atoms with E-state index in [-0.39, 0.29) is 30.1 Å². The lowest BCUT2D eigenvalue weighted by Gasteiger charge is -2.26. The lowest BCUT2D eigenvalue weighted by Crippen LogP contribution is -2.35. The molecule has 2 aromatic carbocycles. The van der Waals surface area contributed by atoms with Crippen molar-refractivity contribution in [1.82, 2.24) is 4.90 Å². The summed E-state index contributed by atoms with van der Waals surface area (Å²) in [7, 11) is 0. The van der Waals surface area contributed by atoms with Crippen LogP contribution in [-0.2, 0) is 17.8 Å². The van der Waals surface area contributed by atoms with Crippen molar-refractivity contribution in [2.24, 2.45) is 10.7 Å². The number of rotatable bonds is 7. The van der Waals surface area contributed by atoms with Gasteiger partial charge in [0.1, 0.15) is 5.75 Å². The van der Waals surface area contributed by atoms with Gasteiger partial charge in [0.2, 0.25) is 0 Å². The van der Waals surface area contributed by atoms with E-state index in [2.05, 4.69) is 39.5 Å². The quantitative estimate of drug-likeness (QED) is 0.337. The lowest BCUT2D eigenvalue weighted by molar-refractivity contribution is 0.0342. The van der Waals surface area contributed by atoms with E-state index in [1.165, 1.54) is 5.56 Å². The van der Waals surface area contributed by atoms with Crippen LogP contribution in [0.15, 0.2) is 53.5 Å². The fourth-order valence-electron chi connectivity index (χ4n) is 3.02. The van der Waals surface area contributed by atoms with Crippen LogP contribution in [0.4, 0.5) is 5.69 Å². The topological polar surface area (TPSA) is 72.1 Å². The van der Waals surface area contributed by atoms with E-state index in [4.69, 9.17) is 15.2 Å². The van der Waals surface area contributed by atoms with Crippen LogP contribution in [0.25, 0.3) is 0 Å². The fraction of sp³-hybridized carbons (Fsp3) is 0.409. The van der Waals surface area contributed by atoms with Crippen LogP contribution in [0.3, 0.4) is 0 Å². The largest absolute Gasteiger partial charge is 0.491 e. The number of ether oxygens (including phenoxy) is 2. The highest BCUT2D eigenvalue weighted by Gasteiger charge is 2.10. The maximum Gasteiger partial charge on any atom is 0.193 e. The second-order valence-electron chi connectivity index (χ2n) is 7.22. The summed E-state index contributed by atoms with van der Waals surface area (Å²) in [4.78, 5) is 6.84. The van der Waals surface area contributed by atoms with E-state index >= 15 is 0 Å². The average Bonchev–Trinajstić information content (AvgIpc) is 2.69. The number of anilines is 1. The van der Waals surface area contributed by atoms with Gasteiger partial charge in [0.15, 0.2) is 5.96 Å². The molecule has 1 fully saturated rings. The molecule has 1 aliphatic rings. The molecule has 3 N–H and O–H groups in total. The number of morpholine rings is 1. The van der Waals surface area contributed by atoms with Gasteiger partial charge in [-0.2, -0.15) is 0 Å². The summed E-state index contributed by atoms with van der Waals surface area (Å²) < 4.78 is 11.0. The Bertz CT molecular complexity index is 757. The second kappa shape index (κ2) is 12.0. The molecule has 0 spiro atoms. The number of halogens is 1. The van der Waals surface area contributed by atoms with Gasteiger partial charge in [-0.1, -0.05) is 24.3 Å². The molecule has 29 heavy (non-hydrogen) atoms. The molecule has 158 valence electrons. The van der Waals surface area contributed by atoms with Crippen molar-refractivity contribution >= 4 is 35.6 Å². The molecule has 1 heterocycles. The third-order valence-electron chi connectivity index (χ3n) is 4.46. The number of nitrogens with one attached hydrogen (secondary N) is 1. The molecule has 0 radical (unpaired) electrons. The molecule has 1 aliphatic heterocycles. The Hall–Kier alpha value is -1.84. The minimum atomic E-state index is 0. The van der Waals surface area contributed by atoms with Gasteiger partial charge < -0.3 is 20.5 Å². The first kappa shape index (κ1) is 23.4. The zero-order chi connectivity index (χ0) is 19.8. The molecule has 0 bridgehead atoms. The number of nitrogens with zero attached hydrogens (tertiary/aromatic N) is 2. The van der Waals surface area contributed by atoms with Crippen LogP contribution in [0.5, 0.6) is 5.75 Å². The van der Waals surface area contributed by atoms with E-state index in [9.17, 15) is 0 Å². The van der Waals surface area contributed by atoms with Gasteiger partial charge in [0, 0.05) is 25.3 Å². The molecule has 6 nitrogen and oxygen atoms in total. The predicted molar refractivity (Wildman–Crippen MR) is 129 cm³/mol. The third-order valence-corrected chi connectivity index (χ3v) is 4.46. The molecule has 0 atom stereocenters. The molecule has 7 heteroatoms. The Morgan fingerprint density at radius 1 is 1.07 bits per heavy atom. The van der Waals surface area contributed by atoms with Gasteiger partial charge in [0.05, 0.1) is 25.9 Å². The van der Waals surface area contributed by atoms with Crippen molar-refractivity contribution in [1.29, 1.82) is 0 Å². The molecular weight excluding hydrogens is 479 g/mol. The van der Waals surface area contributed by atoms with Gasteiger partial charge in [-0.25, -0.2) is 4.99 Å². The van der Waals surface area contributed by atoms with Gasteiger partial charge in [-0.3, -0.25) is 4.90 Å². The standard InChI is InChI=1S/C22H30N4O2.HI/c1-17(2)28-21-9-7-20(8-10-21)25-22(23)24-15-18-3-5-19(6-4-18)16-26-11-13-27-14-12-26;/h3-10,17H,11-16H2,1-2H3,(H3,23,24,25);1H. The van der Waals surface area contributed by atoms with E-state index in [0.717, 1.165) is 49.8 Å². The summed E-state index contributed by atoms with van der Waals surface area (Å²) in [6.45, 7) is 9.17. The first-order valence-electron chi connectivity index (χ1n) is 9.80. The van der Waals surface area contributed by atoms with Gasteiger partial charge >= 0.3 is 0 Å². The Labute approximate surface area is 190 Å². The van der Waals surface area contributed by atoms with Crippen LogP contribution in [-0.4, -0.2) is 43.3 Å². The minimum Gasteiger partial charge on any atom is -0.491 e. The Balaban J connectivity index is 0.00000300. The zero-order valence-electron chi connectivity index (χ0n) is 17.1. The van der Waals surface area contributed by atoms with Crippen molar-refractivity contribution in [3.8, 4) is 5.75 Å². The van der Waals surface area contributed by atoms with Crippen molar-refractivity contribution < 1.29 is 9.47 Å². The van der Waals surface area contributed by atoms with E-state index in [1.54, 1.807) is 0 Å². The maximum absolute atomic E-state index is 6.02. The lowest BCUT2D eigenvalue weighted by atomic mass is 10.1. The highest BCUT2D eigenvalue weighted by Crippen LogP contribution is 2.17. The highest BCUT2D eigenvalue weighted by atomic mass is 127. The van der Waals surface area contributed by atoms with Crippen LogP contribution in [0.1, 0.15) is 25.0 Å². The molecule has 0 saturated carbocycles. The molecule has 3 rings (SSSR count). The van der Waals surface area contributed by atoms with Gasteiger partial charge in [-0.15, -0.1) is 24.0 Å². The maximum atomic E-state index is 6.02. The SMILES string of the molecule is CC(C)Oc1ccc(NC(N)=NCc2ccc(CN3CCOCC3)cc2)cc1.I. The number of aliphatic imine (C=N–C) groups is 1. The second-order valence-corrected chi connectivity index (χ2v) is 7.22. The number of nitrogens with two attached hydrogens (primary N) is 1. The first-order chi connectivity index (χ1) is 13.6. The molecule has 2 aromatic rings. The molecular formula is C22H31IN4O2. The van der Waals surface area contributed by atoms with Crippen LogP contribution < -0.4 is 15.8 Å². The summed E-state index contributed by atoms with van der Waals surface area (Å²) in [5.74, 6) is 1.24. The smallest absolute Gasteiger partial charge is 0.193 e. The molecule has 1 saturated heterocycles. The van der Waals surface area contributed by atoms with Crippen molar-refractivity contribution in [3.63, 3.8) is 0 Å². The summed E-state index contributed by atoms with van der Waals surface area (Å²) in [5, 5.41) is 3.11. The zero-order valence-corrected chi connectivity index (χ0v) is 19.5. The van der Waals surface area contributed by atoms with E-state index < -0.39 is 0 Å². The van der Waals surface area contributed by atoms with Gasteiger partial charge in [0.25, 0.3) is 0 Å². The fourth-order valence-corrected chi connectivity index (χ4v) is 3.02. The normalized spacial score (nSPS) is 15.1. The molecule has 0 aliphatic carbocycles. The minimum absolute atomic E-state index is 0. The summed E-state index contributed by atoms with van der Waals surface area (Å²) in [6.07, 6.45) is 0.158. The van der Waals surface area contributed by atoms with Crippen LogP contribution in [0, 0.1) is 0 Å². The van der Waals surface area contributed by atoms with Crippen LogP contribution >= 0.6 is 24.0 Å². The van der Waals surface area contributed by atoms with Crippen molar-refractivity contribution in [3.05, 3.63) is 59.7 Å². The molecule has 0 amide bonds. The van der Waals surface area contributed by atoms with Crippen molar-refractivity contribution in [2.45, 2.75) is 33.0 Å². The van der Waals surface area contributed by atoms with Gasteiger partial charge in [-0.05, 0) is 49.2 Å². The number of benzene rings is 2. The van der Waals surface area contributed by atoms with Crippen molar-refractivity contribution in [2.75, 3.05) is 31.6 Å². The predicted octanol–water partition coefficient (Wildman–Crippen LogP) is 3.85. The number of hydrogen-bond acceptors (Lipinski definition) is 4. The number of guanidine groups is 1.